The Morgan fingerprint density at radius 2 is 1.58 bits per heavy atom. The molecule has 0 aliphatic heterocycles. The zero-order valence-electron chi connectivity index (χ0n) is 17.5. The van der Waals surface area contributed by atoms with E-state index in [1.54, 1.807) is 55.6 Å². The Hall–Kier alpha value is -4.00. The van der Waals surface area contributed by atoms with Crippen molar-refractivity contribution < 1.29 is 28.5 Å². The predicted molar refractivity (Wildman–Crippen MR) is 116 cm³/mol. The Kier molecular flexibility index (Phi) is 7.11. The van der Waals surface area contributed by atoms with E-state index in [-0.39, 0.29) is 5.91 Å². The van der Waals surface area contributed by atoms with E-state index in [9.17, 15) is 9.59 Å². The molecule has 0 aliphatic carbocycles. The van der Waals surface area contributed by atoms with Gasteiger partial charge < -0.3 is 24.3 Å². The molecule has 1 atom stereocenters. The number of carbonyl (C=O) groups excluding carboxylic acids is 2. The third kappa shape index (κ3) is 5.33. The van der Waals surface area contributed by atoms with Crippen LogP contribution in [0.3, 0.4) is 0 Å². The Morgan fingerprint density at radius 1 is 0.806 bits per heavy atom. The van der Waals surface area contributed by atoms with Crippen molar-refractivity contribution in [3.8, 4) is 17.2 Å². The number of nitrogens with one attached hydrogen (secondary N) is 1. The number of benzene rings is 3. The van der Waals surface area contributed by atoms with Crippen LogP contribution < -0.4 is 19.5 Å². The zero-order valence-corrected chi connectivity index (χ0v) is 17.5. The van der Waals surface area contributed by atoms with Crippen LogP contribution in [0.5, 0.6) is 17.2 Å². The fourth-order valence-corrected chi connectivity index (χ4v) is 2.95. The number of amides is 1. The summed E-state index contributed by atoms with van der Waals surface area (Å²) in [5.74, 6) is 0.358. The summed E-state index contributed by atoms with van der Waals surface area (Å²) in [7, 11) is 4.31. The van der Waals surface area contributed by atoms with Crippen LogP contribution in [0.15, 0.2) is 72.8 Å². The number of rotatable bonds is 8. The molecule has 7 heteroatoms. The van der Waals surface area contributed by atoms with Crippen molar-refractivity contribution in [2.75, 3.05) is 26.6 Å². The van der Waals surface area contributed by atoms with E-state index in [1.807, 2.05) is 18.2 Å². The van der Waals surface area contributed by atoms with E-state index in [0.717, 1.165) is 0 Å². The minimum Gasteiger partial charge on any atom is -0.497 e. The largest absolute Gasteiger partial charge is 0.497 e. The molecule has 31 heavy (non-hydrogen) atoms. The highest BCUT2D eigenvalue weighted by atomic mass is 16.5. The van der Waals surface area contributed by atoms with Crippen molar-refractivity contribution in [2.45, 2.75) is 6.10 Å². The Morgan fingerprint density at radius 3 is 2.26 bits per heavy atom. The first-order valence-electron chi connectivity index (χ1n) is 9.48. The fourth-order valence-electron chi connectivity index (χ4n) is 2.95. The van der Waals surface area contributed by atoms with Crippen LogP contribution in [-0.2, 0) is 9.53 Å². The first-order chi connectivity index (χ1) is 15.0. The molecule has 7 nitrogen and oxygen atoms in total. The molecule has 3 aromatic rings. The van der Waals surface area contributed by atoms with E-state index in [2.05, 4.69) is 5.32 Å². The van der Waals surface area contributed by atoms with Gasteiger partial charge in [-0.2, -0.15) is 0 Å². The molecule has 3 aromatic carbocycles. The van der Waals surface area contributed by atoms with Gasteiger partial charge in [0.1, 0.15) is 5.75 Å². The number of ether oxygens (including phenoxy) is 4. The van der Waals surface area contributed by atoms with Gasteiger partial charge in [-0.05, 0) is 30.3 Å². The molecule has 0 heterocycles. The fraction of sp³-hybridized carbons (Fsp3) is 0.167. The van der Waals surface area contributed by atoms with Crippen LogP contribution in [0.25, 0.3) is 0 Å². The van der Waals surface area contributed by atoms with Gasteiger partial charge in [0.25, 0.3) is 5.91 Å². The van der Waals surface area contributed by atoms with E-state index in [0.29, 0.717) is 34.1 Å². The molecule has 0 radical (unpaired) electrons. The van der Waals surface area contributed by atoms with Crippen LogP contribution in [-0.4, -0.2) is 33.2 Å². The Bertz CT molecular complexity index is 1050. The van der Waals surface area contributed by atoms with Gasteiger partial charge in [0, 0.05) is 17.3 Å². The third-order valence-electron chi connectivity index (χ3n) is 4.51. The summed E-state index contributed by atoms with van der Waals surface area (Å²) in [5.41, 5.74) is 1.53. The number of esters is 1. The summed E-state index contributed by atoms with van der Waals surface area (Å²) in [6.45, 7) is 0. The molecule has 0 saturated carbocycles. The lowest BCUT2D eigenvalue weighted by atomic mass is 10.1. The van der Waals surface area contributed by atoms with Crippen LogP contribution >= 0.6 is 0 Å². The van der Waals surface area contributed by atoms with Crippen molar-refractivity contribution in [3.63, 3.8) is 0 Å². The van der Waals surface area contributed by atoms with Crippen LogP contribution in [0.2, 0.25) is 0 Å². The molecule has 1 amide bonds. The third-order valence-corrected chi connectivity index (χ3v) is 4.51. The summed E-state index contributed by atoms with van der Waals surface area (Å²) in [5, 5.41) is 2.85. The van der Waals surface area contributed by atoms with Gasteiger partial charge in [0.2, 0.25) is 6.10 Å². The SMILES string of the molecule is COC(=O)c1ccc(O[C@H](C(=O)Nc2cccc(OC)c2)c2ccccc2)c(OC)c1. The number of hydrogen-bond acceptors (Lipinski definition) is 6. The lowest BCUT2D eigenvalue weighted by Crippen LogP contribution is -2.26. The maximum atomic E-state index is 13.1. The van der Waals surface area contributed by atoms with Crippen molar-refractivity contribution in [3.05, 3.63) is 83.9 Å². The highest BCUT2D eigenvalue weighted by Gasteiger charge is 2.25. The number of methoxy groups -OCH3 is 3. The summed E-state index contributed by atoms with van der Waals surface area (Å²) in [6.07, 6.45) is -0.967. The highest BCUT2D eigenvalue weighted by Crippen LogP contribution is 2.33. The van der Waals surface area contributed by atoms with Gasteiger partial charge in [0.05, 0.1) is 26.9 Å². The van der Waals surface area contributed by atoms with Gasteiger partial charge in [0.15, 0.2) is 11.5 Å². The highest BCUT2D eigenvalue weighted by molar-refractivity contribution is 5.95. The normalized spacial score (nSPS) is 11.2. The molecule has 0 aliphatic rings. The van der Waals surface area contributed by atoms with Crippen LogP contribution in [0, 0.1) is 0 Å². The van der Waals surface area contributed by atoms with E-state index in [4.69, 9.17) is 18.9 Å². The molecule has 3 rings (SSSR count). The summed E-state index contributed by atoms with van der Waals surface area (Å²) < 4.78 is 21.4. The number of hydrogen-bond donors (Lipinski definition) is 1. The average molecular weight is 421 g/mol. The monoisotopic (exact) mass is 421 g/mol. The maximum Gasteiger partial charge on any atom is 0.337 e. The summed E-state index contributed by atoms with van der Waals surface area (Å²) in [4.78, 5) is 25.0. The second-order valence-corrected chi connectivity index (χ2v) is 6.49. The van der Waals surface area contributed by atoms with E-state index in [1.165, 1.54) is 20.3 Å². The Labute approximate surface area is 180 Å². The molecular weight excluding hydrogens is 398 g/mol. The average Bonchev–Trinajstić information content (AvgIpc) is 2.82. The lowest BCUT2D eigenvalue weighted by Gasteiger charge is -2.21. The molecule has 160 valence electrons. The van der Waals surface area contributed by atoms with Gasteiger partial charge in [-0.15, -0.1) is 0 Å². The van der Waals surface area contributed by atoms with Crippen LogP contribution in [0.1, 0.15) is 22.0 Å². The quantitative estimate of drug-likeness (QED) is 0.548. The van der Waals surface area contributed by atoms with E-state index >= 15 is 0 Å². The number of carbonyl (C=O) groups is 2. The first kappa shape index (κ1) is 21.7. The molecule has 0 unspecified atom stereocenters. The van der Waals surface area contributed by atoms with Crippen molar-refractivity contribution >= 4 is 17.6 Å². The predicted octanol–water partition coefficient (Wildman–Crippen LogP) is 4.25. The Balaban J connectivity index is 1.91. The zero-order chi connectivity index (χ0) is 22.2. The van der Waals surface area contributed by atoms with Crippen molar-refractivity contribution in [1.29, 1.82) is 0 Å². The van der Waals surface area contributed by atoms with Gasteiger partial charge in [-0.25, -0.2) is 4.79 Å². The van der Waals surface area contributed by atoms with Gasteiger partial charge in [-0.1, -0.05) is 36.4 Å². The van der Waals surface area contributed by atoms with Crippen LogP contribution in [0.4, 0.5) is 5.69 Å². The van der Waals surface area contributed by atoms with Crippen molar-refractivity contribution in [1.82, 2.24) is 0 Å². The maximum absolute atomic E-state index is 13.1. The second-order valence-electron chi connectivity index (χ2n) is 6.49. The summed E-state index contributed by atoms with van der Waals surface area (Å²) >= 11 is 0. The smallest absolute Gasteiger partial charge is 0.337 e. The molecule has 1 N–H and O–H groups in total. The molecular formula is C24H23NO6. The minimum atomic E-state index is -0.967. The molecule has 0 saturated heterocycles. The molecule has 0 aromatic heterocycles. The number of anilines is 1. The van der Waals surface area contributed by atoms with E-state index < -0.39 is 12.1 Å². The van der Waals surface area contributed by atoms with Gasteiger partial charge in [-0.3, -0.25) is 4.79 Å². The van der Waals surface area contributed by atoms with Gasteiger partial charge >= 0.3 is 5.97 Å². The van der Waals surface area contributed by atoms with Crippen molar-refractivity contribution in [2.24, 2.45) is 0 Å². The molecule has 0 fully saturated rings. The minimum absolute atomic E-state index is 0.304. The molecule has 0 bridgehead atoms. The second kappa shape index (κ2) is 10.2. The topological polar surface area (TPSA) is 83.1 Å². The first-order valence-corrected chi connectivity index (χ1v) is 9.48. The molecule has 0 spiro atoms. The lowest BCUT2D eigenvalue weighted by molar-refractivity contribution is -0.123. The summed E-state index contributed by atoms with van der Waals surface area (Å²) in [6, 6.07) is 20.7. The standard InChI is InChI=1S/C24H23NO6/c1-28-19-11-7-10-18(15-19)25-23(26)22(16-8-5-4-6-9-16)31-20-13-12-17(24(27)30-3)14-21(20)29-2/h4-15,22H,1-3H3,(H,25,26)/t22-/m0/s1.